The van der Waals surface area contributed by atoms with Crippen molar-refractivity contribution in [2.24, 2.45) is 0 Å². The number of aromatic amines is 1. The molecule has 0 bridgehead atoms. The first-order valence-electron chi connectivity index (χ1n) is 5.80. The second-order valence-electron chi connectivity index (χ2n) is 4.02. The van der Waals surface area contributed by atoms with Crippen molar-refractivity contribution in [2.75, 3.05) is 5.73 Å². The summed E-state index contributed by atoms with van der Waals surface area (Å²) in [4.78, 5) is 1.89. The van der Waals surface area contributed by atoms with Crippen LogP contribution in [0.4, 0.5) is 5.69 Å². The Labute approximate surface area is 124 Å². The molecule has 100 valence electrons. The van der Waals surface area contributed by atoms with Gasteiger partial charge in [0.25, 0.3) is 0 Å². The lowest BCUT2D eigenvalue weighted by Crippen LogP contribution is -1.89. The van der Waals surface area contributed by atoms with Gasteiger partial charge in [0, 0.05) is 26.1 Å². The first-order valence-corrected chi connectivity index (χ1v) is 6.99. The Balaban J connectivity index is 2.01. The van der Waals surface area contributed by atoms with Crippen LogP contribution in [0.2, 0.25) is 5.02 Å². The minimum atomic E-state index is 0.550. The fraction of sp³-hybridized carbons (Fsp3) is 0. The van der Waals surface area contributed by atoms with Gasteiger partial charge in [-0.3, -0.25) is 0 Å². The topological polar surface area (TPSA) is 80.5 Å². The summed E-state index contributed by atoms with van der Waals surface area (Å²) in [6.07, 6.45) is 0. The number of nitrogens with one attached hydrogen (secondary N) is 1. The molecule has 5 nitrogen and oxygen atoms in total. The molecule has 0 fully saturated rings. The van der Waals surface area contributed by atoms with E-state index in [1.54, 1.807) is 12.1 Å². The highest BCUT2D eigenvalue weighted by Gasteiger charge is 2.11. The van der Waals surface area contributed by atoms with Crippen LogP contribution in [0.25, 0.3) is 11.4 Å². The molecule has 0 saturated carbocycles. The van der Waals surface area contributed by atoms with Gasteiger partial charge >= 0.3 is 0 Å². The number of aromatic nitrogens is 4. The fourth-order valence-corrected chi connectivity index (χ4v) is 2.99. The molecule has 2 aromatic carbocycles. The number of benzene rings is 2. The van der Waals surface area contributed by atoms with Crippen LogP contribution in [0.15, 0.2) is 52.3 Å². The molecule has 0 atom stereocenters. The smallest absolute Gasteiger partial charge is 0.205 e. The van der Waals surface area contributed by atoms with E-state index in [2.05, 4.69) is 20.6 Å². The van der Waals surface area contributed by atoms with Crippen molar-refractivity contribution in [3.8, 4) is 11.4 Å². The second kappa shape index (κ2) is 5.52. The zero-order chi connectivity index (χ0) is 13.9. The third-order valence-electron chi connectivity index (χ3n) is 2.67. The highest BCUT2D eigenvalue weighted by atomic mass is 35.5. The lowest BCUT2D eigenvalue weighted by molar-refractivity contribution is 0.881. The van der Waals surface area contributed by atoms with Gasteiger partial charge < -0.3 is 5.73 Å². The summed E-state index contributed by atoms with van der Waals surface area (Å²) in [5.41, 5.74) is 7.55. The summed E-state index contributed by atoms with van der Waals surface area (Å²) in [6, 6.07) is 13.2. The van der Waals surface area contributed by atoms with Crippen molar-refractivity contribution in [1.29, 1.82) is 0 Å². The summed E-state index contributed by atoms with van der Waals surface area (Å²) >= 11 is 7.54. The molecule has 3 rings (SSSR count). The number of H-pyrrole nitrogens is 1. The third kappa shape index (κ3) is 2.61. The Morgan fingerprint density at radius 2 is 1.95 bits per heavy atom. The SMILES string of the molecule is Nc1ccc(Cl)cc1Sc1ccccc1-c1nn[nH]n1. The Bertz CT molecular complexity index is 729. The molecule has 0 aliphatic heterocycles. The van der Waals surface area contributed by atoms with Crippen molar-refractivity contribution in [3.05, 3.63) is 47.5 Å². The van der Waals surface area contributed by atoms with Crippen LogP contribution in [0.5, 0.6) is 0 Å². The molecule has 0 radical (unpaired) electrons. The average molecular weight is 304 g/mol. The van der Waals surface area contributed by atoms with Gasteiger partial charge in [-0.15, -0.1) is 10.2 Å². The minimum absolute atomic E-state index is 0.550. The minimum Gasteiger partial charge on any atom is -0.398 e. The number of nitrogen functional groups attached to an aromatic ring is 1. The van der Waals surface area contributed by atoms with E-state index in [0.29, 0.717) is 16.5 Å². The number of hydrogen-bond acceptors (Lipinski definition) is 5. The van der Waals surface area contributed by atoms with Gasteiger partial charge in [0.15, 0.2) is 0 Å². The Morgan fingerprint density at radius 3 is 2.75 bits per heavy atom. The number of nitrogens with zero attached hydrogens (tertiary/aromatic N) is 3. The molecule has 1 heterocycles. The lowest BCUT2D eigenvalue weighted by Gasteiger charge is -2.08. The molecule has 0 spiro atoms. The molecular formula is C13H10ClN5S. The van der Waals surface area contributed by atoms with Crippen LogP contribution in [-0.2, 0) is 0 Å². The molecule has 3 aromatic rings. The Kier molecular flexibility index (Phi) is 3.58. The predicted molar refractivity (Wildman–Crippen MR) is 79.6 cm³/mol. The van der Waals surface area contributed by atoms with Gasteiger partial charge in [0.1, 0.15) is 0 Å². The molecule has 0 unspecified atom stereocenters. The molecule has 3 N–H and O–H groups in total. The highest BCUT2D eigenvalue weighted by molar-refractivity contribution is 7.99. The van der Waals surface area contributed by atoms with E-state index < -0.39 is 0 Å². The van der Waals surface area contributed by atoms with Gasteiger partial charge in [-0.1, -0.05) is 35.5 Å². The maximum absolute atomic E-state index is 6.01. The number of hydrogen-bond donors (Lipinski definition) is 2. The fourth-order valence-electron chi connectivity index (χ4n) is 1.73. The van der Waals surface area contributed by atoms with Crippen LogP contribution in [0.3, 0.4) is 0 Å². The maximum atomic E-state index is 6.01. The van der Waals surface area contributed by atoms with Crippen LogP contribution in [-0.4, -0.2) is 20.6 Å². The number of tetrazole rings is 1. The molecule has 7 heteroatoms. The van der Waals surface area contributed by atoms with Crippen molar-refractivity contribution in [1.82, 2.24) is 20.6 Å². The normalized spacial score (nSPS) is 10.7. The van der Waals surface area contributed by atoms with Crippen molar-refractivity contribution in [2.45, 2.75) is 9.79 Å². The van der Waals surface area contributed by atoms with Crippen LogP contribution < -0.4 is 5.73 Å². The quantitative estimate of drug-likeness (QED) is 0.726. The first kappa shape index (κ1) is 13.0. The van der Waals surface area contributed by atoms with Crippen LogP contribution in [0.1, 0.15) is 0 Å². The van der Waals surface area contributed by atoms with E-state index in [9.17, 15) is 0 Å². The molecule has 1 aromatic heterocycles. The van der Waals surface area contributed by atoms with Crippen LogP contribution in [0, 0.1) is 0 Å². The van der Waals surface area contributed by atoms with E-state index in [4.69, 9.17) is 17.3 Å². The monoisotopic (exact) mass is 303 g/mol. The van der Waals surface area contributed by atoms with E-state index in [1.807, 2.05) is 30.3 Å². The Hall–Kier alpha value is -2.05. The predicted octanol–water partition coefficient (Wildman–Crippen LogP) is 3.25. The standard InChI is InChI=1S/C13H10ClN5S/c14-8-5-6-10(15)12(7-8)20-11-4-2-1-3-9(11)13-16-18-19-17-13/h1-7H,15H2,(H,16,17,18,19). The molecule has 0 amide bonds. The van der Waals surface area contributed by atoms with Gasteiger partial charge in [-0.25, -0.2) is 0 Å². The van der Waals surface area contributed by atoms with Gasteiger partial charge in [0.2, 0.25) is 5.82 Å². The Morgan fingerprint density at radius 1 is 1.10 bits per heavy atom. The zero-order valence-electron chi connectivity index (χ0n) is 10.2. The van der Waals surface area contributed by atoms with Crippen LogP contribution >= 0.6 is 23.4 Å². The van der Waals surface area contributed by atoms with Crippen molar-refractivity contribution in [3.63, 3.8) is 0 Å². The highest BCUT2D eigenvalue weighted by Crippen LogP contribution is 2.38. The molecule has 20 heavy (non-hydrogen) atoms. The summed E-state index contributed by atoms with van der Waals surface area (Å²) < 4.78 is 0. The second-order valence-corrected chi connectivity index (χ2v) is 5.54. The summed E-state index contributed by atoms with van der Waals surface area (Å²) in [7, 11) is 0. The number of anilines is 1. The van der Waals surface area contributed by atoms with Gasteiger partial charge in [-0.2, -0.15) is 5.21 Å². The number of rotatable bonds is 3. The average Bonchev–Trinajstić information content (AvgIpc) is 2.97. The van der Waals surface area contributed by atoms with E-state index in [1.165, 1.54) is 11.8 Å². The van der Waals surface area contributed by atoms with E-state index >= 15 is 0 Å². The van der Waals surface area contributed by atoms with E-state index in [-0.39, 0.29) is 0 Å². The van der Waals surface area contributed by atoms with Gasteiger partial charge in [-0.05, 0) is 35.5 Å². The lowest BCUT2D eigenvalue weighted by atomic mass is 10.2. The maximum Gasteiger partial charge on any atom is 0.205 e. The van der Waals surface area contributed by atoms with Crippen molar-refractivity contribution >= 4 is 29.1 Å². The molecule has 0 aliphatic carbocycles. The first-order chi connectivity index (χ1) is 9.74. The summed E-state index contributed by atoms with van der Waals surface area (Å²) in [6.45, 7) is 0. The largest absolute Gasteiger partial charge is 0.398 e. The summed E-state index contributed by atoms with van der Waals surface area (Å²) in [5, 5.41) is 14.7. The van der Waals surface area contributed by atoms with Crippen molar-refractivity contribution < 1.29 is 0 Å². The van der Waals surface area contributed by atoms with E-state index in [0.717, 1.165) is 15.4 Å². The van der Waals surface area contributed by atoms with Gasteiger partial charge in [0.05, 0.1) is 0 Å². The zero-order valence-corrected chi connectivity index (χ0v) is 11.8. The third-order valence-corrected chi connectivity index (χ3v) is 4.05. The number of nitrogens with two attached hydrogens (primary N) is 1. The molecular weight excluding hydrogens is 294 g/mol. The molecule has 0 aliphatic rings. The summed E-state index contributed by atoms with van der Waals surface area (Å²) in [5.74, 6) is 0.550. The molecule has 0 saturated heterocycles. The number of halogens is 1.